The van der Waals surface area contributed by atoms with Crippen LogP contribution < -0.4 is 5.73 Å². The van der Waals surface area contributed by atoms with Crippen LogP contribution in [0.3, 0.4) is 0 Å². The van der Waals surface area contributed by atoms with Gasteiger partial charge in [-0.25, -0.2) is 0 Å². The van der Waals surface area contributed by atoms with Gasteiger partial charge in [0.1, 0.15) is 0 Å². The van der Waals surface area contributed by atoms with Gasteiger partial charge in [0.2, 0.25) is 0 Å². The molecule has 0 spiro atoms. The van der Waals surface area contributed by atoms with Crippen molar-refractivity contribution in [2.24, 2.45) is 17.1 Å². The van der Waals surface area contributed by atoms with Gasteiger partial charge in [0.25, 0.3) is 0 Å². The molecular weight excluding hydrogens is 196 g/mol. The van der Waals surface area contributed by atoms with Crippen molar-refractivity contribution in [1.82, 2.24) is 4.90 Å². The number of piperidine rings is 1. The Bertz CT molecular complexity index is 235. The lowest BCUT2D eigenvalue weighted by molar-refractivity contribution is 0.0346. The van der Waals surface area contributed by atoms with Crippen molar-refractivity contribution < 1.29 is 0 Å². The van der Waals surface area contributed by atoms with Gasteiger partial charge in [0, 0.05) is 12.1 Å². The third-order valence-electron chi connectivity index (χ3n) is 4.75. The Morgan fingerprint density at radius 2 is 1.81 bits per heavy atom. The second-order valence-electron chi connectivity index (χ2n) is 7.00. The number of rotatable bonds is 4. The van der Waals surface area contributed by atoms with Gasteiger partial charge in [-0.3, -0.25) is 4.90 Å². The smallest absolute Gasteiger partial charge is 0.0306 e. The average molecular weight is 224 g/mol. The number of hydrogen-bond acceptors (Lipinski definition) is 2. The highest BCUT2D eigenvalue weighted by Crippen LogP contribution is 2.40. The molecule has 0 aromatic heterocycles. The minimum Gasteiger partial charge on any atom is -0.329 e. The van der Waals surface area contributed by atoms with E-state index < -0.39 is 0 Å². The molecule has 1 unspecified atom stereocenters. The van der Waals surface area contributed by atoms with E-state index in [2.05, 4.69) is 25.7 Å². The summed E-state index contributed by atoms with van der Waals surface area (Å²) in [5, 5.41) is 0. The van der Waals surface area contributed by atoms with Crippen LogP contribution in [0.2, 0.25) is 0 Å². The summed E-state index contributed by atoms with van der Waals surface area (Å²) in [6.07, 6.45) is 6.86. The molecule has 0 radical (unpaired) electrons. The van der Waals surface area contributed by atoms with Crippen molar-refractivity contribution in [3.8, 4) is 0 Å². The zero-order chi connectivity index (χ0) is 11.8. The summed E-state index contributed by atoms with van der Waals surface area (Å²) in [7, 11) is 0. The first-order valence-corrected chi connectivity index (χ1v) is 6.90. The highest BCUT2D eigenvalue weighted by molar-refractivity contribution is 4.95. The molecule has 16 heavy (non-hydrogen) atoms. The van der Waals surface area contributed by atoms with Crippen LogP contribution in [0.15, 0.2) is 0 Å². The summed E-state index contributed by atoms with van der Waals surface area (Å²) >= 11 is 0. The summed E-state index contributed by atoms with van der Waals surface area (Å²) < 4.78 is 0. The van der Waals surface area contributed by atoms with Gasteiger partial charge in [0.05, 0.1) is 0 Å². The molecule has 1 aliphatic carbocycles. The highest BCUT2D eigenvalue weighted by Gasteiger charge is 2.39. The van der Waals surface area contributed by atoms with E-state index in [9.17, 15) is 0 Å². The van der Waals surface area contributed by atoms with Crippen LogP contribution in [-0.4, -0.2) is 30.1 Å². The maximum Gasteiger partial charge on any atom is 0.0306 e. The van der Waals surface area contributed by atoms with E-state index in [4.69, 9.17) is 5.73 Å². The summed E-state index contributed by atoms with van der Waals surface area (Å²) in [5.74, 6) is 0.975. The quantitative estimate of drug-likeness (QED) is 0.795. The molecule has 1 aliphatic heterocycles. The molecule has 1 saturated heterocycles. The van der Waals surface area contributed by atoms with Gasteiger partial charge in [-0.1, -0.05) is 26.7 Å². The molecule has 94 valence electrons. The Labute approximate surface area is 101 Å². The molecule has 2 aliphatic rings. The van der Waals surface area contributed by atoms with Crippen LogP contribution in [0, 0.1) is 11.3 Å². The summed E-state index contributed by atoms with van der Waals surface area (Å²) in [4.78, 5) is 2.66. The largest absolute Gasteiger partial charge is 0.329 e. The minimum absolute atomic E-state index is 0.275. The molecule has 0 aromatic rings. The van der Waals surface area contributed by atoms with Crippen molar-refractivity contribution in [1.29, 1.82) is 0 Å². The molecule has 1 saturated carbocycles. The Hall–Kier alpha value is -0.0800. The third-order valence-corrected chi connectivity index (χ3v) is 4.75. The van der Waals surface area contributed by atoms with Crippen LogP contribution in [0.5, 0.6) is 0 Å². The van der Waals surface area contributed by atoms with Crippen LogP contribution in [-0.2, 0) is 0 Å². The van der Waals surface area contributed by atoms with Crippen molar-refractivity contribution in [3.63, 3.8) is 0 Å². The van der Waals surface area contributed by atoms with Gasteiger partial charge in [0.15, 0.2) is 0 Å². The van der Waals surface area contributed by atoms with Gasteiger partial charge in [-0.15, -0.1) is 0 Å². The van der Waals surface area contributed by atoms with E-state index in [1.165, 1.54) is 45.2 Å². The molecular formula is C14H28N2. The van der Waals surface area contributed by atoms with Crippen LogP contribution in [0.25, 0.3) is 0 Å². The predicted octanol–water partition coefficient (Wildman–Crippen LogP) is 2.63. The molecule has 1 atom stereocenters. The predicted molar refractivity (Wildman–Crippen MR) is 69.4 cm³/mol. The average Bonchev–Trinajstić information content (AvgIpc) is 3.01. The standard InChI is InChI=1S/C14H28N2/c1-13(2)6-8-16(9-7-13)14(3,11-15)10-12-4-5-12/h12H,4-11,15H2,1-3H3. The van der Waals surface area contributed by atoms with Gasteiger partial charge >= 0.3 is 0 Å². The first-order chi connectivity index (χ1) is 7.45. The minimum atomic E-state index is 0.275. The molecule has 2 fully saturated rings. The van der Waals surface area contributed by atoms with Crippen molar-refractivity contribution in [3.05, 3.63) is 0 Å². The van der Waals surface area contributed by atoms with E-state index in [1.807, 2.05) is 0 Å². The Balaban J connectivity index is 1.93. The number of nitrogens with zero attached hydrogens (tertiary/aromatic N) is 1. The fourth-order valence-corrected chi connectivity index (χ4v) is 2.94. The number of nitrogens with two attached hydrogens (primary N) is 1. The molecule has 0 aromatic carbocycles. The first-order valence-electron chi connectivity index (χ1n) is 6.90. The van der Waals surface area contributed by atoms with Crippen molar-refractivity contribution in [2.45, 2.75) is 58.4 Å². The third kappa shape index (κ3) is 2.78. The fourth-order valence-electron chi connectivity index (χ4n) is 2.94. The molecule has 2 rings (SSSR count). The van der Waals surface area contributed by atoms with Crippen molar-refractivity contribution in [2.75, 3.05) is 19.6 Å². The molecule has 2 nitrogen and oxygen atoms in total. The highest BCUT2D eigenvalue weighted by atomic mass is 15.2. The topological polar surface area (TPSA) is 29.3 Å². The molecule has 2 N–H and O–H groups in total. The fraction of sp³-hybridized carbons (Fsp3) is 1.00. The molecule has 0 bridgehead atoms. The SMILES string of the molecule is CC1(C)CCN(C(C)(CN)CC2CC2)CC1. The van der Waals surface area contributed by atoms with Crippen LogP contribution in [0.4, 0.5) is 0 Å². The lowest BCUT2D eigenvalue weighted by Crippen LogP contribution is -2.55. The number of likely N-dealkylation sites (tertiary alicyclic amines) is 1. The molecule has 2 heteroatoms. The second kappa shape index (κ2) is 4.30. The lowest BCUT2D eigenvalue weighted by Gasteiger charge is -2.47. The summed E-state index contributed by atoms with van der Waals surface area (Å²) in [5.41, 5.74) is 6.86. The summed E-state index contributed by atoms with van der Waals surface area (Å²) in [6.45, 7) is 10.5. The van der Waals surface area contributed by atoms with Gasteiger partial charge in [-0.2, -0.15) is 0 Å². The van der Waals surface area contributed by atoms with E-state index >= 15 is 0 Å². The molecule has 0 amide bonds. The maximum atomic E-state index is 6.04. The second-order valence-corrected chi connectivity index (χ2v) is 7.00. The van der Waals surface area contributed by atoms with E-state index in [0.717, 1.165) is 12.5 Å². The maximum absolute atomic E-state index is 6.04. The Kier molecular flexibility index (Phi) is 3.33. The Morgan fingerprint density at radius 3 is 2.25 bits per heavy atom. The van der Waals surface area contributed by atoms with Crippen molar-refractivity contribution >= 4 is 0 Å². The van der Waals surface area contributed by atoms with E-state index in [0.29, 0.717) is 5.41 Å². The lowest BCUT2D eigenvalue weighted by atomic mass is 9.80. The zero-order valence-electron chi connectivity index (χ0n) is 11.3. The van der Waals surface area contributed by atoms with Gasteiger partial charge in [-0.05, 0) is 50.6 Å². The van der Waals surface area contributed by atoms with Gasteiger partial charge < -0.3 is 5.73 Å². The van der Waals surface area contributed by atoms with E-state index in [1.54, 1.807) is 0 Å². The summed E-state index contributed by atoms with van der Waals surface area (Å²) in [6, 6.07) is 0. The zero-order valence-corrected chi connectivity index (χ0v) is 11.3. The monoisotopic (exact) mass is 224 g/mol. The first kappa shape index (κ1) is 12.4. The van der Waals surface area contributed by atoms with Crippen LogP contribution >= 0.6 is 0 Å². The normalized spacial score (nSPS) is 30.0. The molecule has 1 heterocycles. The number of hydrogen-bond donors (Lipinski definition) is 1. The van der Waals surface area contributed by atoms with Crippen LogP contribution in [0.1, 0.15) is 52.9 Å². The Morgan fingerprint density at radius 1 is 1.25 bits per heavy atom. The van der Waals surface area contributed by atoms with E-state index in [-0.39, 0.29) is 5.54 Å².